The number of aromatic nitrogens is 1. The molecule has 0 atom stereocenters. The molecule has 0 saturated carbocycles. The number of hydrogen-bond acceptors (Lipinski definition) is 3. The fourth-order valence-electron chi connectivity index (χ4n) is 3.60. The van der Waals surface area contributed by atoms with Gasteiger partial charge in [0.15, 0.2) is 0 Å². The van der Waals surface area contributed by atoms with Crippen LogP contribution in [0.2, 0.25) is 0 Å². The van der Waals surface area contributed by atoms with Crippen molar-refractivity contribution in [2.45, 2.75) is 25.3 Å². The van der Waals surface area contributed by atoms with Crippen LogP contribution in [-0.2, 0) is 25.3 Å². The van der Waals surface area contributed by atoms with Crippen LogP contribution < -0.4 is 5.32 Å². The Kier molecular flexibility index (Phi) is 6.45. The van der Waals surface area contributed by atoms with Crippen LogP contribution in [0.5, 0.6) is 0 Å². The van der Waals surface area contributed by atoms with Gasteiger partial charge in [0.2, 0.25) is 0 Å². The summed E-state index contributed by atoms with van der Waals surface area (Å²) < 4.78 is 80.0. The predicted molar refractivity (Wildman–Crippen MR) is 117 cm³/mol. The lowest BCUT2D eigenvalue weighted by Gasteiger charge is -2.16. The van der Waals surface area contributed by atoms with E-state index in [0.29, 0.717) is 13.1 Å². The number of benzene rings is 2. The molecule has 0 saturated heterocycles. The summed E-state index contributed by atoms with van der Waals surface area (Å²) in [5.41, 5.74) is 0.185. The van der Waals surface area contributed by atoms with Gasteiger partial charge in [-0.05, 0) is 64.2 Å². The number of rotatable bonds is 6. The number of nitrogens with one attached hydrogen (secondary N) is 1. The molecule has 0 aliphatic heterocycles. The van der Waals surface area contributed by atoms with Crippen LogP contribution in [0, 0.1) is 0 Å². The molecule has 4 aromatic rings. The second-order valence-electron chi connectivity index (χ2n) is 7.50. The minimum Gasteiger partial charge on any atom is -0.312 e. The summed E-state index contributed by atoms with van der Waals surface area (Å²) in [5, 5.41) is 7.26. The summed E-state index contributed by atoms with van der Waals surface area (Å²) in [6.45, 7) is 0.770. The van der Waals surface area contributed by atoms with E-state index in [4.69, 9.17) is 0 Å². The molecule has 172 valence electrons. The number of para-hydroxylation sites is 1. The van der Waals surface area contributed by atoms with Crippen LogP contribution >= 0.6 is 11.3 Å². The first-order chi connectivity index (χ1) is 15.6. The van der Waals surface area contributed by atoms with Gasteiger partial charge in [-0.3, -0.25) is 0 Å². The van der Waals surface area contributed by atoms with E-state index < -0.39 is 29.1 Å². The van der Waals surface area contributed by atoms with Gasteiger partial charge in [0.25, 0.3) is 0 Å². The Labute approximate surface area is 189 Å². The Morgan fingerprint density at radius 3 is 2.24 bits per heavy atom. The first kappa shape index (κ1) is 23.3. The average Bonchev–Trinajstić information content (AvgIpc) is 3.30. The topological polar surface area (TPSA) is 24.9 Å². The van der Waals surface area contributed by atoms with Gasteiger partial charge in [-0.15, -0.1) is 0 Å². The Hall–Kier alpha value is -2.91. The van der Waals surface area contributed by atoms with E-state index in [1.54, 1.807) is 11.3 Å². The largest absolute Gasteiger partial charge is 0.433 e. The Bertz CT molecular complexity index is 1230. The molecule has 2 nitrogen and oxygen atoms in total. The Morgan fingerprint density at radius 1 is 0.848 bits per heavy atom. The highest BCUT2D eigenvalue weighted by Crippen LogP contribution is 2.37. The maximum Gasteiger partial charge on any atom is 0.433 e. The van der Waals surface area contributed by atoms with Gasteiger partial charge in [-0.25, -0.2) is 4.98 Å². The molecule has 2 heterocycles. The third-order valence-corrected chi connectivity index (χ3v) is 5.91. The molecular formula is C24H18F6N2S. The number of pyridine rings is 1. The minimum atomic E-state index is -4.85. The van der Waals surface area contributed by atoms with Gasteiger partial charge in [0.1, 0.15) is 5.69 Å². The Balaban J connectivity index is 1.51. The molecule has 2 aromatic carbocycles. The highest BCUT2D eigenvalue weighted by molar-refractivity contribution is 7.08. The molecule has 0 unspecified atom stereocenters. The van der Waals surface area contributed by atoms with E-state index in [9.17, 15) is 26.3 Å². The van der Waals surface area contributed by atoms with Gasteiger partial charge < -0.3 is 5.32 Å². The van der Waals surface area contributed by atoms with Crippen LogP contribution in [0.3, 0.4) is 0 Å². The number of nitrogens with zero attached hydrogens (tertiary/aromatic N) is 1. The minimum absolute atomic E-state index is 0.0692. The van der Waals surface area contributed by atoms with Gasteiger partial charge in [0.05, 0.1) is 11.1 Å². The first-order valence-corrected chi connectivity index (χ1v) is 11.0. The summed E-state index contributed by atoms with van der Waals surface area (Å²) in [5.74, 6) is 0. The molecular weight excluding hydrogens is 462 g/mol. The van der Waals surface area contributed by atoms with Gasteiger partial charge in [-0.1, -0.05) is 36.4 Å². The highest BCUT2D eigenvalue weighted by Gasteiger charge is 2.37. The lowest BCUT2D eigenvalue weighted by atomic mass is 10.0. The van der Waals surface area contributed by atoms with Gasteiger partial charge >= 0.3 is 12.4 Å². The summed E-state index contributed by atoms with van der Waals surface area (Å²) in [6, 6.07) is 14.1. The molecule has 33 heavy (non-hydrogen) atoms. The summed E-state index contributed by atoms with van der Waals surface area (Å²) in [6.07, 6.45) is -9.53. The normalized spacial score (nSPS) is 12.4. The molecule has 0 fully saturated rings. The third-order valence-electron chi connectivity index (χ3n) is 5.23. The highest BCUT2D eigenvalue weighted by atomic mass is 32.1. The van der Waals surface area contributed by atoms with Crippen molar-refractivity contribution in [3.05, 3.63) is 87.7 Å². The standard InChI is InChI=1S/C24H18F6N2S/c25-23(26,27)20-3-1-2-19-17(12-21(24(28,29)30)32-22(19)20)8-10-31-13-15-4-6-16(7-5-15)18-9-11-33-14-18/h1-7,9,11-12,14,31H,8,10,13H2. The zero-order chi connectivity index (χ0) is 23.6. The molecule has 0 radical (unpaired) electrons. The van der Waals surface area contributed by atoms with Crippen molar-refractivity contribution in [1.29, 1.82) is 0 Å². The summed E-state index contributed by atoms with van der Waals surface area (Å²) >= 11 is 1.61. The fraction of sp³-hybridized carbons (Fsp3) is 0.208. The van der Waals surface area contributed by atoms with E-state index in [0.717, 1.165) is 28.8 Å². The molecule has 2 aromatic heterocycles. The van der Waals surface area contributed by atoms with Gasteiger partial charge in [-0.2, -0.15) is 37.7 Å². The van der Waals surface area contributed by atoms with E-state index in [1.807, 2.05) is 41.1 Å². The molecule has 4 rings (SSSR count). The van der Waals surface area contributed by atoms with Crippen LogP contribution in [0.4, 0.5) is 26.3 Å². The summed E-state index contributed by atoms with van der Waals surface area (Å²) in [7, 11) is 0. The lowest BCUT2D eigenvalue weighted by molar-refractivity contribution is -0.142. The number of alkyl halides is 6. The van der Waals surface area contributed by atoms with Crippen molar-refractivity contribution < 1.29 is 26.3 Å². The number of fused-ring (bicyclic) bond motifs is 1. The second kappa shape index (κ2) is 9.15. The fourth-order valence-corrected chi connectivity index (χ4v) is 4.26. The van der Waals surface area contributed by atoms with Crippen molar-refractivity contribution in [2.24, 2.45) is 0 Å². The SMILES string of the molecule is FC(F)(F)c1cc(CCNCc2ccc(-c3ccsc3)cc2)c2cccc(C(F)(F)F)c2n1. The molecule has 0 aliphatic carbocycles. The maximum absolute atomic E-state index is 13.4. The van der Waals surface area contributed by atoms with Crippen LogP contribution in [0.15, 0.2) is 65.4 Å². The molecule has 0 aliphatic rings. The number of thiophene rings is 1. The molecule has 0 spiro atoms. The van der Waals surface area contributed by atoms with Crippen molar-refractivity contribution in [2.75, 3.05) is 6.54 Å². The monoisotopic (exact) mass is 480 g/mol. The van der Waals surface area contributed by atoms with E-state index in [-0.39, 0.29) is 17.4 Å². The zero-order valence-electron chi connectivity index (χ0n) is 17.1. The van der Waals surface area contributed by atoms with Crippen molar-refractivity contribution >= 4 is 22.2 Å². The van der Waals surface area contributed by atoms with E-state index in [2.05, 4.69) is 10.3 Å². The van der Waals surface area contributed by atoms with Crippen LogP contribution in [0.1, 0.15) is 22.4 Å². The third kappa shape index (κ3) is 5.36. The van der Waals surface area contributed by atoms with Crippen molar-refractivity contribution in [3.63, 3.8) is 0 Å². The number of halogens is 6. The first-order valence-electron chi connectivity index (χ1n) is 10.0. The van der Waals surface area contributed by atoms with Crippen molar-refractivity contribution in [1.82, 2.24) is 10.3 Å². The molecule has 0 bridgehead atoms. The Morgan fingerprint density at radius 2 is 1.61 bits per heavy atom. The zero-order valence-corrected chi connectivity index (χ0v) is 17.9. The van der Waals surface area contributed by atoms with E-state index >= 15 is 0 Å². The maximum atomic E-state index is 13.4. The van der Waals surface area contributed by atoms with Crippen LogP contribution in [0.25, 0.3) is 22.0 Å². The van der Waals surface area contributed by atoms with Crippen LogP contribution in [-0.4, -0.2) is 11.5 Å². The summed E-state index contributed by atoms with van der Waals surface area (Å²) in [4.78, 5) is 3.31. The molecule has 9 heteroatoms. The lowest BCUT2D eigenvalue weighted by Crippen LogP contribution is -2.18. The van der Waals surface area contributed by atoms with Gasteiger partial charge in [0, 0.05) is 11.9 Å². The second-order valence-corrected chi connectivity index (χ2v) is 8.28. The predicted octanol–water partition coefficient (Wildman–Crippen LogP) is 7.33. The molecule has 1 N–H and O–H groups in total. The van der Waals surface area contributed by atoms with Crippen molar-refractivity contribution in [3.8, 4) is 11.1 Å². The smallest absolute Gasteiger partial charge is 0.312 e. The average molecular weight is 480 g/mol. The quantitative estimate of drug-likeness (QED) is 0.231. The molecule has 0 amide bonds. The van der Waals surface area contributed by atoms with E-state index in [1.165, 1.54) is 12.1 Å². The number of hydrogen-bond donors (Lipinski definition) is 1.